The molecule has 3 atom stereocenters. The molecule has 2 aliphatic carbocycles. The van der Waals surface area contributed by atoms with E-state index in [2.05, 4.69) is 6.08 Å². The lowest BCUT2D eigenvalue weighted by atomic mass is 9.39. The molecular weight excluding hydrogens is 266 g/mol. The Kier molecular flexibility index (Phi) is 2.21. The van der Waals surface area contributed by atoms with Gasteiger partial charge in [0.15, 0.2) is 0 Å². The van der Waals surface area contributed by atoms with Crippen molar-refractivity contribution in [3.63, 3.8) is 0 Å². The number of allylic oxidation sites excluding steroid dienone is 1. The summed E-state index contributed by atoms with van der Waals surface area (Å²) < 4.78 is 0. The van der Waals surface area contributed by atoms with Crippen LogP contribution in [0.15, 0.2) is 24.3 Å². The Morgan fingerprint density at radius 3 is 2.86 bits per heavy atom. The van der Waals surface area contributed by atoms with E-state index in [1.54, 1.807) is 13.1 Å². The molecule has 0 bridgehead atoms. The van der Waals surface area contributed by atoms with E-state index in [1.807, 2.05) is 25.1 Å². The summed E-state index contributed by atoms with van der Waals surface area (Å²) in [5.74, 6) is -0.361. The van der Waals surface area contributed by atoms with Crippen molar-refractivity contribution in [2.45, 2.75) is 18.8 Å². The molecule has 1 aromatic rings. The maximum Gasteiger partial charge on any atom is 0.260 e. The number of hydrogen-bond donors (Lipinski definition) is 1. The molecule has 1 N–H and O–H groups in total. The molecule has 4 heteroatoms. The molecule has 3 aliphatic rings. The van der Waals surface area contributed by atoms with Crippen molar-refractivity contribution in [1.82, 2.24) is 4.90 Å². The molecule has 1 spiro atoms. The van der Waals surface area contributed by atoms with E-state index in [-0.39, 0.29) is 24.3 Å². The van der Waals surface area contributed by atoms with E-state index in [4.69, 9.17) is 0 Å². The van der Waals surface area contributed by atoms with Crippen LogP contribution in [0.4, 0.5) is 0 Å². The second kappa shape index (κ2) is 3.63. The van der Waals surface area contributed by atoms with Crippen LogP contribution in [0.3, 0.4) is 0 Å². The number of likely N-dealkylation sites (N-methyl/N-ethyl adjacent to an activating group) is 1. The quantitative estimate of drug-likeness (QED) is 0.796. The zero-order chi connectivity index (χ0) is 15.0. The van der Waals surface area contributed by atoms with E-state index in [0.717, 1.165) is 17.5 Å². The minimum Gasteiger partial charge on any atom is -0.396 e. The van der Waals surface area contributed by atoms with Gasteiger partial charge in [0.2, 0.25) is 5.91 Å². The highest BCUT2D eigenvalue weighted by atomic mass is 16.3. The molecule has 0 radical (unpaired) electrons. The van der Waals surface area contributed by atoms with Gasteiger partial charge in [-0.3, -0.25) is 14.5 Å². The number of benzene rings is 1. The molecule has 4 nitrogen and oxygen atoms in total. The van der Waals surface area contributed by atoms with Gasteiger partial charge >= 0.3 is 0 Å². The second-order valence-electron chi connectivity index (χ2n) is 6.64. The maximum atomic E-state index is 13.0. The number of hydrogen-bond acceptors (Lipinski definition) is 3. The monoisotopic (exact) mass is 283 g/mol. The van der Waals surface area contributed by atoms with Gasteiger partial charge in [0.1, 0.15) is 0 Å². The number of carbonyl (C=O) groups is 2. The second-order valence-corrected chi connectivity index (χ2v) is 6.64. The Bertz CT molecular complexity index is 723. The van der Waals surface area contributed by atoms with Crippen molar-refractivity contribution < 1.29 is 14.7 Å². The molecule has 108 valence electrons. The van der Waals surface area contributed by atoms with Gasteiger partial charge in [-0.15, -0.1) is 0 Å². The summed E-state index contributed by atoms with van der Waals surface area (Å²) in [4.78, 5) is 26.7. The highest BCUT2D eigenvalue weighted by Crippen LogP contribution is 2.66. The lowest BCUT2D eigenvalue weighted by Gasteiger charge is -2.64. The van der Waals surface area contributed by atoms with Crippen LogP contribution in [0.2, 0.25) is 0 Å². The van der Waals surface area contributed by atoms with Crippen LogP contribution >= 0.6 is 0 Å². The zero-order valence-corrected chi connectivity index (χ0v) is 12.1. The normalized spacial score (nSPS) is 36.1. The fourth-order valence-electron chi connectivity index (χ4n) is 4.61. The largest absolute Gasteiger partial charge is 0.396 e. The molecule has 1 aromatic carbocycles. The van der Waals surface area contributed by atoms with Crippen LogP contribution in [0.1, 0.15) is 34.8 Å². The summed E-state index contributed by atoms with van der Waals surface area (Å²) in [5, 5.41) is 9.91. The molecule has 1 heterocycles. The third-order valence-corrected chi connectivity index (χ3v) is 5.70. The van der Waals surface area contributed by atoms with Crippen molar-refractivity contribution in [2.24, 2.45) is 11.3 Å². The lowest BCUT2D eigenvalue weighted by molar-refractivity contribution is -0.161. The highest BCUT2D eigenvalue weighted by molar-refractivity contribution is 6.15. The van der Waals surface area contributed by atoms with Crippen molar-refractivity contribution in [2.75, 3.05) is 13.7 Å². The molecule has 2 amide bonds. The van der Waals surface area contributed by atoms with Crippen molar-refractivity contribution in [1.29, 1.82) is 0 Å². The van der Waals surface area contributed by atoms with Crippen LogP contribution < -0.4 is 0 Å². The van der Waals surface area contributed by atoms with Gasteiger partial charge in [-0.2, -0.15) is 0 Å². The Balaban J connectivity index is 2.12. The van der Waals surface area contributed by atoms with E-state index in [0.29, 0.717) is 5.56 Å². The van der Waals surface area contributed by atoms with Gasteiger partial charge < -0.3 is 5.11 Å². The summed E-state index contributed by atoms with van der Waals surface area (Å²) in [6, 6.07) is 5.58. The average molecular weight is 283 g/mol. The third-order valence-electron chi connectivity index (χ3n) is 5.70. The number of amides is 2. The summed E-state index contributed by atoms with van der Waals surface area (Å²) in [6.07, 6.45) is 4.83. The van der Waals surface area contributed by atoms with Gasteiger partial charge in [-0.1, -0.05) is 31.2 Å². The number of nitrogens with zero attached hydrogens (tertiary/aromatic N) is 1. The molecule has 0 saturated heterocycles. The standard InChI is InChI=1S/C17H17NO3/c1-16(9-19)8-11-7-6-10-4-3-5-12-13(10)17(11,16)15(21)18(2)14(12)20/h3-7,11,19H,8-9H2,1-2H3/t11?,16-,17?/m1/s1. The number of carbonyl (C=O) groups excluding carboxylic acids is 2. The SMILES string of the molecule is CN1C(=O)c2cccc3c2C2(C1=O)C(C=C3)C[C@]2(C)CO. The van der Waals surface area contributed by atoms with Gasteiger partial charge in [0.05, 0.1) is 5.41 Å². The Hall–Kier alpha value is -1.94. The highest BCUT2D eigenvalue weighted by Gasteiger charge is 2.71. The van der Waals surface area contributed by atoms with Crippen molar-refractivity contribution in [3.8, 4) is 0 Å². The molecule has 4 rings (SSSR count). The predicted octanol–water partition coefficient (Wildman–Crippen LogP) is 1.58. The smallest absolute Gasteiger partial charge is 0.260 e. The summed E-state index contributed by atoms with van der Waals surface area (Å²) >= 11 is 0. The first-order chi connectivity index (χ1) is 9.97. The number of aliphatic hydroxyl groups excluding tert-OH is 1. The van der Waals surface area contributed by atoms with E-state index in [9.17, 15) is 14.7 Å². The van der Waals surface area contributed by atoms with Crippen LogP contribution in [0, 0.1) is 11.3 Å². The lowest BCUT2D eigenvalue weighted by Crippen LogP contribution is -2.71. The Morgan fingerprint density at radius 1 is 1.38 bits per heavy atom. The van der Waals surface area contributed by atoms with Gasteiger partial charge in [-0.05, 0) is 29.5 Å². The van der Waals surface area contributed by atoms with E-state index < -0.39 is 10.8 Å². The maximum absolute atomic E-state index is 13.0. The zero-order valence-electron chi connectivity index (χ0n) is 12.1. The van der Waals surface area contributed by atoms with Crippen LogP contribution in [-0.4, -0.2) is 35.5 Å². The molecule has 1 saturated carbocycles. The number of aliphatic hydroxyl groups is 1. The van der Waals surface area contributed by atoms with Crippen molar-refractivity contribution in [3.05, 3.63) is 41.0 Å². The minimum atomic E-state index is -0.787. The van der Waals surface area contributed by atoms with Crippen molar-refractivity contribution >= 4 is 17.9 Å². The molecule has 0 aromatic heterocycles. The van der Waals surface area contributed by atoms with Crippen LogP contribution in [0.25, 0.3) is 6.08 Å². The predicted molar refractivity (Wildman–Crippen MR) is 77.6 cm³/mol. The van der Waals surface area contributed by atoms with E-state index >= 15 is 0 Å². The first-order valence-corrected chi connectivity index (χ1v) is 7.22. The average Bonchev–Trinajstić information content (AvgIpc) is 2.49. The first kappa shape index (κ1) is 12.8. The van der Waals surface area contributed by atoms with E-state index in [1.165, 1.54) is 4.90 Å². The Labute approximate surface area is 123 Å². The molecule has 21 heavy (non-hydrogen) atoms. The van der Waals surface area contributed by atoms with Gasteiger partial charge in [-0.25, -0.2) is 0 Å². The van der Waals surface area contributed by atoms with Crippen LogP contribution in [0.5, 0.6) is 0 Å². The first-order valence-electron chi connectivity index (χ1n) is 7.22. The topological polar surface area (TPSA) is 57.6 Å². The Morgan fingerprint density at radius 2 is 2.14 bits per heavy atom. The van der Waals surface area contributed by atoms with Gasteiger partial charge in [0, 0.05) is 24.6 Å². The molecule has 1 aliphatic heterocycles. The fraction of sp³-hybridized carbons (Fsp3) is 0.412. The summed E-state index contributed by atoms with van der Waals surface area (Å²) in [5.41, 5.74) is 1.05. The van der Waals surface area contributed by atoms with Gasteiger partial charge in [0.25, 0.3) is 5.91 Å². The van der Waals surface area contributed by atoms with Crippen LogP contribution in [-0.2, 0) is 10.2 Å². The molecule has 2 unspecified atom stereocenters. The summed E-state index contributed by atoms with van der Waals surface area (Å²) in [6.45, 7) is 1.89. The fourth-order valence-corrected chi connectivity index (χ4v) is 4.61. The summed E-state index contributed by atoms with van der Waals surface area (Å²) in [7, 11) is 1.54. The molecule has 1 fully saturated rings. The molecular formula is C17H17NO3. The number of rotatable bonds is 1. The third kappa shape index (κ3) is 1.14. The number of imide groups is 1. The minimum absolute atomic E-state index is 0.0567.